The van der Waals surface area contributed by atoms with E-state index in [1.165, 1.54) is 16.9 Å². The predicted octanol–water partition coefficient (Wildman–Crippen LogP) is 3.15. The topological polar surface area (TPSA) is 0 Å². The lowest BCUT2D eigenvalue weighted by molar-refractivity contribution is 0.696. The van der Waals surface area contributed by atoms with Crippen LogP contribution in [-0.4, -0.2) is 5.38 Å². The molecule has 0 aromatic carbocycles. The Balaban J connectivity index is 2.36. The minimum Gasteiger partial charge on any atom is -0.149 e. The predicted molar refractivity (Wildman–Crippen MR) is 50.7 cm³/mol. The fourth-order valence-electron chi connectivity index (χ4n) is 1.68. The quantitative estimate of drug-likeness (QED) is 0.546. The molecular weight excluding hydrogens is 176 g/mol. The highest BCUT2D eigenvalue weighted by Gasteiger charge is 2.18. The van der Waals surface area contributed by atoms with Gasteiger partial charge < -0.3 is 0 Å². The van der Waals surface area contributed by atoms with Gasteiger partial charge in [0.2, 0.25) is 0 Å². The van der Waals surface area contributed by atoms with E-state index in [0.29, 0.717) is 5.38 Å². The fraction of sp³-hybridized carbons (Fsp3) is 0.556. The second kappa shape index (κ2) is 2.80. The average Bonchev–Trinajstić information content (AvgIpc) is 2.32. The van der Waals surface area contributed by atoms with Gasteiger partial charge in [0.1, 0.15) is 0 Å². The van der Waals surface area contributed by atoms with Crippen molar-refractivity contribution in [1.82, 2.24) is 0 Å². The van der Waals surface area contributed by atoms with E-state index in [0.717, 1.165) is 12.8 Å². The lowest BCUT2D eigenvalue weighted by Crippen LogP contribution is -2.12. The number of hydrogen-bond acceptors (Lipinski definition) is 1. The van der Waals surface area contributed by atoms with E-state index in [1.807, 2.05) is 11.3 Å². The number of thiophene rings is 1. The standard InChI is InChI=1S/C9H11ClS/c1-6-9-3-2-8(10)4-7(9)5-11-6/h5,8H,2-4H2,1H3. The van der Waals surface area contributed by atoms with E-state index in [9.17, 15) is 0 Å². The average molecular weight is 187 g/mol. The second-order valence-electron chi connectivity index (χ2n) is 3.14. The highest BCUT2D eigenvalue weighted by atomic mass is 35.5. The van der Waals surface area contributed by atoms with Crippen LogP contribution in [0.2, 0.25) is 0 Å². The van der Waals surface area contributed by atoms with Crippen molar-refractivity contribution >= 4 is 22.9 Å². The Hall–Kier alpha value is -0.0100. The van der Waals surface area contributed by atoms with Gasteiger partial charge >= 0.3 is 0 Å². The van der Waals surface area contributed by atoms with Crippen LogP contribution in [-0.2, 0) is 12.8 Å². The van der Waals surface area contributed by atoms with Gasteiger partial charge in [-0.2, -0.15) is 0 Å². The third-order valence-electron chi connectivity index (χ3n) is 2.34. The van der Waals surface area contributed by atoms with Gasteiger partial charge in [-0.15, -0.1) is 22.9 Å². The molecule has 1 atom stereocenters. The molecule has 2 heteroatoms. The van der Waals surface area contributed by atoms with Crippen LogP contribution in [0.5, 0.6) is 0 Å². The molecular formula is C9H11ClS. The van der Waals surface area contributed by atoms with Crippen molar-refractivity contribution in [2.24, 2.45) is 0 Å². The lowest BCUT2D eigenvalue weighted by Gasteiger charge is -2.16. The number of hydrogen-bond donors (Lipinski definition) is 0. The molecule has 0 spiro atoms. The number of rotatable bonds is 0. The monoisotopic (exact) mass is 186 g/mol. The van der Waals surface area contributed by atoms with E-state index in [4.69, 9.17) is 11.6 Å². The fourth-order valence-corrected chi connectivity index (χ4v) is 2.89. The van der Waals surface area contributed by atoms with E-state index in [2.05, 4.69) is 12.3 Å². The highest BCUT2D eigenvalue weighted by Crippen LogP contribution is 2.30. The molecule has 0 aliphatic heterocycles. The summed E-state index contributed by atoms with van der Waals surface area (Å²) in [6, 6.07) is 0. The van der Waals surface area contributed by atoms with Crippen LogP contribution < -0.4 is 0 Å². The Morgan fingerprint density at radius 2 is 2.45 bits per heavy atom. The molecule has 0 nitrogen and oxygen atoms in total. The van der Waals surface area contributed by atoms with Crippen molar-refractivity contribution in [2.45, 2.75) is 31.6 Å². The summed E-state index contributed by atoms with van der Waals surface area (Å²) in [6.07, 6.45) is 3.44. The van der Waals surface area contributed by atoms with Crippen LogP contribution in [0.25, 0.3) is 0 Å². The van der Waals surface area contributed by atoms with Crippen LogP contribution in [0.4, 0.5) is 0 Å². The van der Waals surface area contributed by atoms with E-state index in [-0.39, 0.29) is 0 Å². The molecule has 0 saturated heterocycles. The molecule has 0 radical (unpaired) electrons. The van der Waals surface area contributed by atoms with Crippen LogP contribution in [0, 0.1) is 6.92 Å². The van der Waals surface area contributed by atoms with Gasteiger partial charge in [-0.1, -0.05) is 0 Å². The Labute approximate surface area is 76.2 Å². The number of aryl methyl sites for hydroxylation is 1. The highest BCUT2D eigenvalue weighted by molar-refractivity contribution is 7.10. The van der Waals surface area contributed by atoms with Gasteiger partial charge in [-0.25, -0.2) is 0 Å². The van der Waals surface area contributed by atoms with Gasteiger partial charge in [0, 0.05) is 10.3 Å². The maximum atomic E-state index is 6.06. The number of fused-ring (bicyclic) bond motifs is 1. The molecule has 0 fully saturated rings. The van der Waals surface area contributed by atoms with Crippen molar-refractivity contribution in [3.8, 4) is 0 Å². The van der Waals surface area contributed by atoms with Crippen molar-refractivity contribution in [2.75, 3.05) is 0 Å². The molecule has 1 unspecified atom stereocenters. The first kappa shape index (κ1) is 7.63. The molecule has 2 rings (SSSR count). The van der Waals surface area contributed by atoms with Crippen LogP contribution in [0.3, 0.4) is 0 Å². The molecule has 1 aliphatic carbocycles. The molecule has 0 N–H and O–H groups in total. The van der Waals surface area contributed by atoms with Gasteiger partial charge in [0.15, 0.2) is 0 Å². The van der Waals surface area contributed by atoms with Gasteiger partial charge in [-0.05, 0) is 42.7 Å². The number of alkyl halides is 1. The Morgan fingerprint density at radius 3 is 3.27 bits per heavy atom. The van der Waals surface area contributed by atoms with Crippen molar-refractivity contribution < 1.29 is 0 Å². The van der Waals surface area contributed by atoms with Crippen molar-refractivity contribution in [3.05, 3.63) is 21.4 Å². The SMILES string of the molecule is Cc1scc2c1CCC(Cl)C2. The van der Waals surface area contributed by atoms with Crippen LogP contribution in [0.15, 0.2) is 5.38 Å². The molecule has 0 bridgehead atoms. The van der Waals surface area contributed by atoms with E-state index >= 15 is 0 Å². The Bertz CT molecular complexity index is 265. The zero-order valence-corrected chi connectivity index (χ0v) is 8.13. The Kier molecular flexibility index (Phi) is 1.94. The van der Waals surface area contributed by atoms with E-state index in [1.54, 1.807) is 5.56 Å². The summed E-state index contributed by atoms with van der Waals surface area (Å²) in [4.78, 5) is 1.49. The summed E-state index contributed by atoms with van der Waals surface area (Å²) in [5, 5.41) is 2.65. The van der Waals surface area contributed by atoms with Crippen molar-refractivity contribution in [3.63, 3.8) is 0 Å². The first-order chi connectivity index (χ1) is 5.27. The largest absolute Gasteiger partial charge is 0.149 e. The first-order valence-corrected chi connectivity index (χ1v) is 5.29. The minimum absolute atomic E-state index is 0.386. The summed E-state index contributed by atoms with van der Waals surface area (Å²) in [7, 11) is 0. The molecule has 1 heterocycles. The molecule has 1 aromatic heterocycles. The third-order valence-corrected chi connectivity index (χ3v) is 3.71. The lowest BCUT2D eigenvalue weighted by atomic mass is 9.94. The van der Waals surface area contributed by atoms with E-state index < -0.39 is 0 Å². The molecule has 0 amide bonds. The van der Waals surface area contributed by atoms with Crippen LogP contribution in [0.1, 0.15) is 22.4 Å². The summed E-state index contributed by atoms with van der Waals surface area (Å²) < 4.78 is 0. The van der Waals surface area contributed by atoms with Gasteiger partial charge in [0.05, 0.1) is 0 Å². The summed E-state index contributed by atoms with van der Waals surface area (Å²) in [6.45, 7) is 2.21. The second-order valence-corrected chi connectivity index (χ2v) is 4.84. The third kappa shape index (κ3) is 1.32. The van der Waals surface area contributed by atoms with Crippen LogP contribution >= 0.6 is 22.9 Å². The normalized spacial score (nSPS) is 23.3. The zero-order chi connectivity index (χ0) is 7.84. The van der Waals surface area contributed by atoms with Crippen molar-refractivity contribution in [1.29, 1.82) is 0 Å². The maximum Gasteiger partial charge on any atom is 0.0379 e. The summed E-state index contributed by atoms with van der Waals surface area (Å²) in [5.74, 6) is 0. The first-order valence-electron chi connectivity index (χ1n) is 3.97. The smallest absolute Gasteiger partial charge is 0.0379 e. The maximum absolute atomic E-state index is 6.06. The molecule has 0 saturated carbocycles. The molecule has 1 aromatic rings. The Morgan fingerprint density at radius 1 is 1.64 bits per heavy atom. The minimum atomic E-state index is 0.386. The number of halogens is 1. The molecule has 1 aliphatic rings. The van der Waals surface area contributed by atoms with Gasteiger partial charge in [-0.3, -0.25) is 0 Å². The summed E-state index contributed by atoms with van der Waals surface area (Å²) in [5.41, 5.74) is 3.07. The molecule has 60 valence electrons. The van der Waals surface area contributed by atoms with Gasteiger partial charge in [0.25, 0.3) is 0 Å². The molecule has 11 heavy (non-hydrogen) atoms. The summed E-state index contributed by atoms with van der Waals surface area (Å²) >= 11 is 7.92. The zero-order valence-electron chi connectivity index (χ0n) is 6.56.